The molecule has 0 saturated heterocycles. The molecule has 0 aliphatic carbocycles. The van der Waals surface area contributed by atoms with Crippen LogP contribution in [0.2, 0.25) is 0 Å². The largest absolute Gasteiger partial charge is 0.491 e. The SMILES string of the molecule is CCC(=O)Nc1cc(NC(=O)CNc2ccc(OC(C)C)cc2)ccc1C. The summed E-state index contributed by atoms with van der Waals surface area (Å²) in [5, 5.41) is 8.74. The van der Waals surface area contributed by atoms with Crippen molar-refractivity contribution in [2.45, 2.75) is 40.2 Å². The summed E-state index contributed by atoms with van der Waals surface area (Å²) in [5.74, 6) is 0.559. The second kappa shape index (κ2) is 9.62. The molecule has 0 radical (unpaired) electrons. The van der Waals surface area contributed by atoms with Crippen LogP contribution in [-0.4, -0.2) is 24.5 Å². The van der Waals surface area contributed by atoms with Gasteiger partial charge in [0.1, 0.15) is 5.75 Å². The lowest BCUT2D eigenvalue weighted by Gasteiger charge is -2.12. The normalized spacial score (nSPS) is 10.4. The minimum absolute atomic E-state index is 0.0619. The molecule has 0 saturated carbocycles. The fourth-order valence-corrected chi connectivity index (χ4v) is 2.38. The molecule has 3 N–H and O–H groups in total. The van der Waals surface area contributed by atoms with E-state index in [2.05, 4.69) is 16.0 Å². The standard InChI is InChI=1S/C21H27N3O3/c1-5-20(25)24-19-12-17(7-6-15(19)4)23-21(26)13-22-16-8-10-18(11-9-16)27-14(2)3/h6-12,14,22H,5,13H2,1-4H3,(H,23,26)(H,24,25). The van der Waals surface area contributed by atoms with Crippen LogP contribution in [0.15, 0.2) is 42.5 Å². The maximum absolute atomic E-state index is 12.2. The fraction of sp³-hybridized carbons (Fsp3) is 0.333. The smallest absolute Gasteiger partial charge is 0.243 e. The number of amides is 2. The van der Waals surface area contributed by atoms with Gasteiger partial charge in [-0.1, -0.05) is 13.0 Å². The van der Waals surface area contributed by atoms with Crippen molar-refractivity contribution >= 4 is 28.9 Å². The van der Waals surface area contributed by atoms with Crippen molar-refractivity contribution in [1.29, 1.82) is 0 Å². The molecule has 0 heterocycles. The Hall–Kier alpha value is -3.02. The molecule has 2 rings (SSSR count). The third-order valence-electron chi connectivity index (χ3n) is 3.80. The first kappa shape index (κ1) is 20.3. The lowest BCUT2D eigenvalue weighted by molar-refractivity contribution is -0.116. The van der Waals surface area contributed by atoms with Crippen molar-refractivity contribution in [3.05, 3.63) is 48.0 Å². The Morgan fingerprint density at radius 1 is 0.963 bits per heavy atom. The predicted octanol–water partition coefficient (Wildman–Crippen LogP) is 4.18. The lowest BCUT2D eigenvalue weighted by atomic mass is 10.1. The number of hydrogen-bond donors (Lipinski definition) is 3. The summed E-state index contributed by atoms with van der Waals surface area (Å²) in [6.45, 7) is 7.78. The van der Waals surface area contributed by atoms with Crippen LogP contribution in [-0.2, 0) is 9.59 Å². The first-order chi connectivity index (χ1) is 12.9. The van der Waals surface area contributed by atoms with Crippen molar-refractivity contribution in [1.82, 2.24) is 0 Å². The third-order valence-corrected chi connectivity index (χ3v) is 3.80. The summed E-state index contributed by atoms with van der Waals surface area (Å²) < 4.78 is 5.59. The highest BCUT2D eigenvalue weighted by Crippen LogP contribution is 2.21. The van der Waals surface area contributed by atoms with Crippen LogP contribution >= 0.6 is 0 Å². The van der Waals surface area contributed by atoms with Crippen LogP contribution < -0.4 is 20.7 Å². The highest BCUT2D eigenvalue weighted by molar-refractivity contribution is 5.96. The van der Waals surface area contributed by atoms with Gasteiger partial charge in [0.25, 0.3) is 0 Å². The zero-order valence-electron chi connectivity index (χ0n) is 16.3. The van der Waals surface area contributed by atoms with Gasteiger partial charge in [-0.25, -0.2) is 0 Å². The van der Waals surface area contributed by atoms with Crippen LogP contribution in [0.5, 0.6) is 5.75 Å². The van der Waals surface area contributed by atoms with Gasteiger partial charge < -0.3 is 20.7 Å². The molecule has 0 aliphatic rings. The number of hydrogen-bond acceptors (Lipinski definition) is 4. The number of carbonyl (C=O) groups is 2. The van der Waals surface area contributed by atoms with E-state index in [1.54, 1.807) is 13.0 Å². The van der Waals surface area contributed by atoms with Gasteiger partial charge in [0.15, 0.2) is 0 Å². The van der Waals surface area contributed by atoms with E-state index in [0.717, 1.165) is 17.0 Å². The molecule has 0 unspecified atom stereocenters. The maximum Gasteiger partial charge on any atom is 0.243 e. The van der Waals surface area contributed by atoms with E-state index in [0.29, 0.717) is 17.8 Å². The average Bonchev–Trinajstić information content (AvgIpc) is 2.63. The van der Waals surface area contributed by atoms with E-state index in [9.17, 15) is 9.59 Å². The number of carbonyl (C=O) groups excluding carboxylic acids is 2. The number of nitrogens with one attached hydrogen (secondary N) is 3. The molecule has 144 valence electrons. The summed E-state index contributed by atoms with van der Waals surface area (Å²) in [6.07, 6.45) is 0.525. The summed E-state index contributed by atoms with van der Waals surface area (Å²) in [4.78, 5) is 23.8. The number of anilines is 3. The van der Waals surface area contributed by atoms with E-state index in [-0.39, 0.29) is 24.5 Å². The monoisotopic (exact) mass is 369 g/mol. The number of benzene rings is 2. The Labute approximate surface area is 160 Å². The molecule has 0 aromatic heterocycles. The van der Waals surface area contributed by atoms with E-state index in [4.69, 9.17) is 4.74 Å². The van der Waals surface area contributed by atoms with Crippen molar-refractivity contribution < 1.29 is 14.3 Å². The minimum Gasteiger partial charge on any atom is -0.491 e. The Morgan fingerprint density at radius 2 is 1.63 bits per heavy atom. The van der Waals surface area contributed by atoms with E-state index in [1.807, 2.05) is 57.2 Å². The Bertz CT molecular complexity index is 786. The molecule has 0 aliphatic heterocycles. The molecule has 0 fully saturated rings. The molecule has 0 atom stereocenters. The molecular weight excluding hydrogens is 342 g/mol. The summed E-state index contributed by atoms with van der Waals surface area (Å²) in [6, 6.07) is 12.9. The predicted molar refractivity (Wildman–Crippen MR) is 109 cm³/mol. The molecule has 6 heteroatoms. The van der Waals surface area contributed by atoms with Gasteiger partial charge in [0, 0.05) is 23.5 Å². The maximum atomic E-state index is 12.2. The fourth-order valence-electron chi connectivity index (χ4n) is 2.38. The first-order valence-electron chi connectivity index (χ1n) is 9.08. The van der Waals surface area contributed by atoms with Gasteiger partial charge in [-0.2, -0.15) is 0 Å². The van der Waals surface area contributed by atoms with E-state index < -0.39 is 0 Å². The lowest BCUT2D eigenvalue weighted by Crippen LogP contribution is -2.22. The topological polar surface area (TPSA) is 79.5 Å². The molecule has 0 bridgehead atoms. The van der Waals surface area contributed by atoms with Crippen LogP contribution in [0.4, 0.5) is 17.1 Å². The van der Waals surface area contributed by atoms with Gasteiger partial charge in [-0.05, 0) is 62.7 Å². The molecule has 6 nitrogen and oxygen atoms in total. The van der Waals surface area contributed by atoms with Gasteiger partial charge >= 0.3 is 0 Å². The molecule has 0 spiro atoms. The molecule has 2 aromatic carbocycles. The van der Waals surface area contributed by atoms with Gasteiger partial charge in [0.2, 0.25) is 11.8 Å². The van der Waals surface area contributed by atoms with Crippen LogP contribution in [0, 0.1) is 6.92 Å². The van der Waals surface area contributed by atoms with Gasteiger partial charge in [0.05, 0.1) is 12.6 Å². The average molecular weight is 369 g/mol. The molecule has 27 heavy (non-hydrogen) atoms. The first-order valence-corrected chi connectivity index (χ1v) is 9.08. The molecule has 2 amide bonds. The van der Waals surface area contributed by atoms with Crippen LogP contribution in [0.25, 0.3) is 0 Å². The van der Waals surface area contributed by atoms with Crippen molar-refractivity contribution in [2.24, 2.45) is 0 Å². The number of ether oxygens (including phenoxy) is 1. The van der Waals surface area contributed by atoms with Crippen molar-refractivity contribution in [3.63, 3.8) is 0 Å². The zero-order valence-corrected chi connectivity index (χ0v) is 16.3. The Morgan fingerprint density at radius 3 is 2.26 bits per heavy atom. The number of rotatable bonds is 8. The number of aryl methyl sites for hydroxylation is 1. The second-order valence-electron chi connectivity index (χ2n) is 6.52. The highest BCUT2D eigenvalue weighted by atomic mass is 16.5. The van der Waals surface area contributed by atoms with Crippen LogP contribution in [0.1, 0.15) is 32.8 Å². The minimum atomic E-state index is -0.172. The van der Waals surface area contributed by atoms with E-state index >= 15 is 0 Å². The second-order valence-corrected chi connectivity index (χ2v) is 6.52. The van der Waals surface area contributed by atoms with Gasteiger partial charge in [-0.3, -0.25) is 9.59 Å². The van der Waals surface area contributed by atoms with Gasteiger partial charge in [-0.15, -0.1) is 0 Å². The molecule has 2 aromatic rings. The summed E-state index contributed by atoms with van der Waals surface area (Å²) >= 11 is 0. The highest BCUT2D eigenvalue weighted by Gasteiger charge is 2.07. The summed E-state index contributed by atoms with van der Waals surface area (Å²) in [7, 11) is 0. The van der Waals surface area contributed by atoms with Crippen molar-refractivity contribution in [2.75, 3.05) is 22.5 Å². The quantitative estimate of drug-likeness (QED) is 0.652. The Balaban J connectivity index is 1.90. The van der Waals surface area contributed by atoms with E-state index in [1.165, 1.54) is 0 Å². The summed E-state index contributed by atoms with van der Waals surface area (Å²) in [5.41, 5.74) is 3.12. The molecular formula is C21H27N3O3. The third kappa shape index (κ3) is 6.66. The Kier molecular flexibility index (Phi) is 7.23. The zero-order chi connectivity index (χ0) is 19.8. The van der Waals surface area contributed by atoms with Crippen molar-refractivity contribution in [3.8, 4) is 5.75 Å². The van der Waals surface area contributed by atoms with Crippen LogP contribution in [0.3, 0.4) is 0 Å².